The van der Waals surface area contributed by atoms with E-state index in [0.29, 0.717) is 12.6 Å². The van der Waals surface area contributed by atoms with Gasteiger partial charge in [0.2, 0.25) is 0 Å². The molecular formula is C15H21NO2. The number of ether oxygens (including phenoxy) is 2. The highest BCUT2D eigenvalue weighted by molar-refractivity contribution is 5.56. The lowest BCUT2D eigenvalue weighted by molar-refractivity contribution is 0.201. The summed E-state index contributed by atoms with van der Waals surface area (Å²) in [4.78, 5) is 0. The normalized spacial score (nSPS) is 16.3. The Balaban J connectivity index is 2.11. The van der Waals surface area contributed by atoms with Crippen molar-refractivity contribution >= 4 is 6.08 Å². The summed E-state index contributed by atoms with van der Waals surface area (Å²) >= 11 is 0. The van der Waals surface area contributed by atoms with Crippen LogP contribution < -0.4 is 15.2 Å². The average molecular weight is 247 g/mol. The minimum Gasteiger partial charge on any atom is -0.493 e. The molecule has 2 N–H and O–H groups in total. The van der Waals surface area contributed by atoms with E-state index in [2.05, 4.69) is 0 Å². The maximum Gasteiger partial charge on any atom is 0.161 e. The Labute approximate surface area is 109 Å². The van der Waals surface area contributed by atoms with Crippen LogP contribution in [-0.2, 0) is 0 Å². The van der Waals surface area contributed by atoms with E-state index in [1.807, 2.05) is 30.4 Å². The third kappa shape index (κ3) is 3.26. The zero-order valence-electron chi connectivity index (χ0n) is 10.9. The highest BCUT2D eigenvalue weighted by Gasteiger charge is 2.18. The highest BCUT2D eigenvalue weighted by Crippen LogP contribution is 2.32. The van der Waals surface area contributed by atoms with Gasteiger partial charge in [0.1, 0.15) is 0 Å². The first-order valence-corrected chi connectivity index (χ1v) is 6.55. The molecule has 0 atom stereocenters. The Morgan fingerprint density at radius 2 is 2.06 bits per heavy atom. The standard InChI is InChI=1S/C15H21NO2/c1-17-15-11-12(5-4-10-16)8-9-14(15)18-13-6-2-3-7-13/h4-5,8-9,11,13H,2-3,6-7,10,16H2,1H3/b5-4+. The molecule has 3 nitrogen and oxygen atoms in total. The Bertz CT molecular complexity index is 409. The van der Waals surface area contributed by atoms with Gasteiger partial charge in [-0.25, -0.2) is 0 Å². The van der Waals surface area contributed by atoms with Crippen LogP contribution in [0.5, 0.6) is 11.5 Å². The van der Waals surface area contributed by atoms with Crippen molar-refractivity contribution < 1.29 is 9.47 Å². The van der Waals surface area contributed by atoms with Crippen molar-refractivity contribution in [1.82, 2.24) is 0 Å². The quantitative estimate of drug-likeness (QED) is 0.870. The van der Waals surface area contributed by atoms with Gasteiger partial charge >= 0.3 is 0 Å². The van der Waals surface area contributed by atoms with Gasteiger partial charge in [0.05, 0.1) is 13.2 Å². The Morgan fingerprint density at radius 3 is 2.72 bits per heavy atom. The second-order valence-corrected chi connectivity index (χ2v) is 4.57. The van der Waals surface area contributed by atoms with Crippen molar-refractivity contribution in [2.45, 2.75) is 31.8 Å². The SMILES string of the molecule is COc1cc(/C=C/CN)ccc1OC1CCCC1. The number of hydrogen-bond donors (Lipinski definition) is 1. The molecule has 3 heteroatoms. The molecule has 1 aromatic carbocycles. The number of hydrogen-bond acceptors (Lipinski definition) is 3. The molecule has 0 spiro atoms. The predicted molar refractivity (Wildman–Crippen MR) is 74.0 cm³/mol. The van der Waals surface area contributed by atoms with Crippen LogP contribution in [0.25, 0.3) is 6.08 Å². The molecule has 0 aromatic heterocycles. The summed E-state index contributed by atoms with van der Waals surface area (Å²) in [6, 6.07) is 5.99. The topological polar surface area (TPSA) is 44.5 Å². The second-order valence-electron chi connectivity index (χ2n) is 4.57. The predicted octanol–water partition coefficient (Wildman–Crippen LogP) is 2.99. The van der Waals surface area contributed by atoms with Gasteiger partial charge in [0, 0.05) is 6.54 Å². The summed E-state index contributed by atoms with van der Waals surface area (Å²) in [5.41, 5.74) is 6.52. The molecule has 1 aliphatic carbocycles. The van der Waals surface area contributed by atoms with E-state index in [4.69, 9.17) is 15.2 Å². The monoisotopic (exact) mass is 247 g/mol. The fourth-order valence-electron chi connectivity index (χ4n) is 2.28. The van der Waals surface area contributed by atoms with Crippen LogP contribution in [0.2, 0.25) is 0 Å². The van der Waals surface area contributed by atoms with Crippen LogP contribution >= 0.6 is 0 Å². The van der Waals surface area contributed by atoms with E-state index in [1.54, 1.807) is 7.11 Å². The highest BCUT2D eigenvalue weighted by atomic mass is 16.5. The molecule has 1 aromatic rings. The molecule has 18 heavy (non-hydrogen) atoms. The van der Waals surface area contributed by atoms with Crippen molar-refractivity contribution in [3.63, 3.8) is 0 Å². The van der Waals surface area contributed by atoms with E-state index in [1.165, 1.54) is 12.8 Å². The molecule has 0 bridgehead atoms. The molecular weight excluding hydrogens is 226 g/mol. The number of benzene rings is 1. The summed E-state index contributed by atoms with van der Waals surface area (Å²) in [7, 11) is 1.67. The van der Waals surface area contributed by atoms with Gasteiger partial charge < -0.3 is 15.2 Å². The van der Waals surface area contributed by atoms with Crippen LogP contribution in [0, 0.1) is 0 Å². The molecule has 0 amide bonds. The first kappa shape index (κ1) is 13.0. The Kier molecular flexibility index (Phi) is 4.65. The second kappa shape index (κ2) is 6.45. The summed E-state index contributed by atoms with van der Waals surface area (Å²) < 4.78 is 11.4. The fraction of sp³-hybridized carbons (Fsp3) is 0.467. The lowest BCUT2D eigenvalue weighted by Gasteiger charge is -2.16. The van der Waals surface area contributed by atoms with Crippen LogP contribution in [0.15, 0.2) is 24.3 Å². The first-order valence-electron chi connectivity index (χ1n) is 6.55. The zero-order chi connectivity index (χ0) is 12.8. The fourth-order valence-corrected chi connectivity index (χ4v) is 2.28. The third-order valence-corrected chi connectivity index (χ3v) is 3.23. The van der Waals surface area contributed by atoms with E-state index in [0.717, 1.165) is 29.9 Å². The van der Waals surface area contributed by atoms with Gasteiger partial charge in [-0.2, -0.15) is 0 Å². The molecule has 1 saturated carbocycles. The maximum atomic E-state index is 5.98. The van der Waals surface area contributed by atoms with Crippen LogP contribution in [0.4, 0.5) is 0 Å². The van der Waals surface area contributed by atoms with E-state index in [-0.39, 0.29) is 0 Å². The molecule has 0 radical (unpaired) electrons. The summed E-state index contributed by atoms with van der Waals surface area (Å²) in [6.07, 6.45) is 9.10. The van der Waals surface area contributed by atoms with Gasteiger partial charge in [-0.3, -0.25) is 0 Å². The van der Waals surface area contributed by atoms with Gasteiger partial charge in [0.15, 0.2) is 11.5 Å². The molecule has 0 saturated heterocycles. The van der Waals surface area contributed by atoms with Crippen LogP contribution in [0.1, 0.15) is 31.2 Å². The van der Waals surface area contributed by atoms with Crippen LogP contribution in [0.3, 0.4) is 0 Å². The molecule has 2 rings (SSSR count). The van der Waals surface area contributed by atoms with Crippen molar-refractivity contribution in [2.75, 3.05) is 13.7 Å². The first-order chi connectivity index (χ1) is 8.83. The van der Waals surface area contributed by atoms with E-state index in [9.17, 15) is 0 Å². The van der Waals surface area contributed by atoms with E-state index < -0.39 is 0 Å². The van der Waals surface area contributed by atoms with E-state index >= 15 is 0 Å². The minimum atomic E-state index is 0.351. The number of nitrogens with two attached hydrogens (primary N) is 1. The van der Waals surface area contributed by atoms with Crippen LogP contribution in [-0.4, -0.2) is 19.8 Å². The van der Waals surface area contributed by atoms with Gasteiger partial charge in [-0.05, 0) is 43.4 Å². The Morgan fingerprint density at radius 1 is 1.28 bits per heavy atom. The molecule has 0 aliphatic heterocycles. The lowest BCUT2D eigenvalue weighted by Crippen LogP contribution is -2.11. The van der Waals surface area contributed by atoms with Gasteiger partial charge in [-0.15, -0.1) is 0 Å². The third-order valence-electron chi connectivity index (χ3n) is 3.23. The smallest absolute Gasteiger partial charge is 0.161 e. The molecule has 98 valence electrons. The zero-order valence-corrected chi connectivity index (χ0v) is 10.9. The van der Waals surface area contributed by atoms with Crippen molar-refractivity contribution in [3.8, 4) is 11.5 Å². The maximum absolute atomic E-state index is 5.98. The Hall–Kier alpha value is -1.48. The van der Waals surface area contributed by atoms with Gasteiger partial charge in [-0.1, -0.05) is 18.2 Å². The van der Waals surface area contributed by atoms with Gasteiger partial charge in [0.25, 0.3) is 0 Å². The summed E-state index contributed by atoms with van der Waals surface area (Å²) in [5.74, 6) is 1.63. The minimum absolute atomic E-state index is 0.351. The largest absolute Gasteiger partial charge is 0.493 e. The molecule has 1 fully saturated rings. The molecule has 0 heterocycles. The lowest BCUT2D eigenvalue weighted by atomic mass is 10.2. The molecule has 1 aliphatic rings. The average Bonchev–Trinajstić information content (AvgIpc) is 2.90. The van der Waals surface area contributed by atoms with Crippen molar-refractivity contribution in [1.29, 1.82) is 0 Å². The summed E-state index contributed by atoms with van der Waals surface area (Å²) in [6.45, 7) is 0.544. The summed E-state index contributed by atoms with van der Waals surface area (Å²) in [5, 5.41) is 0. The number of methoxy groups -OCH3 is 1. The molecule has 0 unspecified atom stereocenters. The van der Waals surface area contributed by atoms with Crippen molar-refractivity contribution in [3.05, 3.63) is 29.8 Å². The van der Waals surface area contributed by atoms with Crippen molar-refractivity contribution in [2.24, 2.45) is 5.73 Å². The number of rotatable bonds is 5.